The molecule has 2 aliphatic rings. The van der Waals surface area contributed by atoms with Crippen LogP contribution in [0.3, 0.4) is 0 Å². The summed E-state index contributed by atoms with van der Waals surface area (Å²) in [6.07, 6.45) is 5.65. The molecule has 29 heavy (non-hydrogen) atoms. The van der Waals surface area contributed by atoms with Gasteiger partial charge in [-0.15, -0.1) is 0 Å². The summed E-state index contributed by atoms with van der Waals surface area (Å²) in [7, 11) is 1.79. The van der Waals surface area contributed by atoms with Gasteiger partial charge in [0.25, 0.3) is 0 Å². The van der Waals surface area contributed by atoms with Crippen LogP contribution >= 0.6 is 0 Å². The van der Waals surface area contributed by atoms with Crippen LogP contribution in [0.1, 0.15) is 23.6 Å². The van der Waals surface area contributed by atoms with Gasteiger partial charge in [-0.1, -0.05) is 6.07 Å². The zero-order valence-electron chi connectivity index (χ0n) is 15.9. The van der Waals surface area contributed by atoms with Gasteiger partial charge < -0.3 is 10.2 Å². The molecular weight excluding hydrogens is 368 g/mol. The molecule has 0 radical (unpaired) electrons. The van der Waals surface area contributed by atoms with Crippen molar-refractivity contribution in [2.75, 3.05) is 30.4 Å². The molecule has 1 unspecified atom stereocenters. The Labute approximate surface area is 167 Å². The number of fused-ring (bicyclic) bond motifs is 1. The van der Waals surface area contributed by atoms with Gasteiger partial charge in [0.05, 0.1) is 0 Å². The molecule has 146 valence electrons. The predicted octanol–water partition coefficient (Wildman–Crippen LogP) is 2.61. The first-order chi connectivity index (χ1) is 14.1. The Morgan fingerprint density at radius 3 is 2.66 bits per heavy atom. The number of aromatic nitrogens is 3. The lowest BCUT2D eigenvalue weighted by Gasteiger charge is -2.28. The number of hydrogen-bond acceptors (Lipinski definition) is 4. The standard InChI is InChI=1S/C21H20N6O2/c1-25-10-11-26(21(25)29)14-5-6-15-16(13-19(28)24-17(15)12-14)18-4-2-9-27(18)20-22-7-3-8-23-20/h2-9,12,16H,10-11,13H2,1H3,(H,24,28). The van der Waals surface area contributed by atoms with Gasteiger partial charge in [-0.3, -0.25) is 14.3 Å². The van der Waals surface area contributed by atoms with E-state index in [0.717, 1.165) is 22.6 Å². The Morgan fingerprint density at radius 1 is 1.07 bits per heavy atom. The molecule has 0 saturated carbocycles. The van der Waals surface area contributed by atoms with Crippen molar-refractivity contribution in [2.24, 2.45) is 0 Å². The zero-order valence-corrected chi connectivity index (χ0v) is 15.9. The molecule has 1 aromatic carbocycles. The Kier molecular flexibility index (Phi) is 4.04. The van der Waals surface area contributed by atoms with E-state index in [1.807, 2.05) is 41.1 Å². The molecule has 0 aliphatic carbocycles. The highest BCUT2D eigenvalue weighted by Gasteiger charge is 2.31. The summed E-state index contributed by atoms with van der Waals surface area (Å²) in [5, 5.41) is 2.97. The molecule has 1 N–H and O–H groups in total. The second kappa shape index (κ2) is 6.73. The van der Waals surface area contributed by atoms with E-state index in [2.05, 4.69) is 15.3 Å². The fraction of sp³-hybridized carbons (Fsp3) is 0.238. The van der Waals surface area contributed by atoms with E-state index in [-0.39, 0.29) is 17.9 Å². The van der Waals surface area contributed by atoms with E-state index >= 15 is 0 Å². The van der Waals surface area contributed by atoms with Crippen LogP contribution in [0.4, 0.5) is 16.2 Å². The number of carbonyl (C=O) groups is 2. The highest BCUT2D eigenvalue weighted by atomic mass is 16.2. The number of nitrogens with zero attached hydrogens (tertiary/aromatic N) is 5. The zero-order chi connectivity index (χ0) is 20.0. The van der Waals surface area contributed by atoms with Crippen LogP contribution in [0.5, 0.6) is 0 Å². The highest BCUT2D eigenvalue weighted by Crippen LogP contribution is 2.39. The minimum absolute atomic E-state index is 0.0289. The summed E-state index contributed by atoms with van der Waals surface area (Å²) < 4.78 is 1.92. The average molecular weight is 388 g/mol. The molecular formula is C21H20N6O2. The average Bonchev–Trinajstić information content (AvgIpc) is 3.35. The van der Waals surface area contributed by atoms with E-state index in [1.54, 1.807) is 35.3 Å². The number of benzene rings is 1. The predicted molar refractivity (Wildman–Crippen MR) is 108 cm³/mol. The third-order valence-corrected chi connectivity index (χ3v) is 5.51. The molecule has 4 heterocycles. The van der Waals surface area contributed by atoms with Crippen LogP contribution in [-0.4, -0.2) is 51.5 Å². The van der Waals surface area contributed by atoms with Gasteiger partial charge in [0.15, 0.2) is 0 Å². The normalized spacial score (nSPS) is 18.7. The summed E-state index contributed by atoms with van der Waals surface area (Å²) in [6, 6.07) is 11.5. The summed E-state index contributed by atoms with van der Waals surface area (Å²) in [6.45, 7) is 1.33. The van der Waals surface area contributed by atoms with Gasteiger partial charge >= 0.3 is 6.03 Å². The lowest BCUT2D eigenvalue weighted by Crippen LogP contribution is -2.30. The number of nitrogens with one attached hydrogen (secondary N) is 1. The molecule has 1 atom stereocenters. The molecule has 2 aliphatic heterocycles. The maximum Gasteiger partial charge on any atom is 0.324 e. The molecule has 1 fully saturated rings. The minimum Gasteiger partial charge on any atom is -0.326 e. The molecule has 3 amide bonds. The first-order valence-electron chi connectivity index (χ1n) is 9.53. The third-order valence-electron chi connectivity index (χ3n) is 5.51. The molecule has 2 aromatic heterocycles. The fourth-order valence-corrected chi connectivity index (χ4v) is 4.05. The van der Waals surface area contributed by atoms with Crippen molar-refractivity contribution in [3.05, 3.63) is 66.2 Å². The van der Waals surface area contributed by atoms with Crippen molar-refractivity contribution in [3.8, 4) is 5.95 Å². The highest BCUT2D eigenvalue weighted by molar-refractivity contribution is 5.98. The van der Waals surface area contributed by atoms with Gasteiger partial charge in [-0.05, 0) is 35.9 Å². The van der Waals surface area contributed by atoms with Crippen molar-refractivity contribution in [1.82, 2.24) is 19.4 Å². The summed E-state index contributed by atoms with van der Waals surface area (Å²) >= 11 is 0. The quantitative estimate of drug-likeness (QED) is 0.748. The topological polar surface area (TPSA) is 83.4 Å². The molecule has 5 rings (SSSR count). The Morgan fingerprint density at radius 2 is 1.90 bits per heavy atom. The first kappa shape index (κ1) is 17.4. The largest absolute Gasteiger partial charge is 0.326 e. The van der Waals surface area contributed by atoms with Crippen LogP contribution in [-0.2, 0) is 4.79 Å². The monoisotopic (exact) mass is 388 g/mol. The second-order valence-corrected chi connectivity index (χ2v) is 7.28. The molecule has 1 saturated heterocycles. The number of carbonyl (C=O) groups excluding carboxylic acids is 2. The smallest absolute Gasteiger partial charge is 0.324 e. The first-order valence-corrected chi connectivity index (χ1v) is 9.53. The maximum atomic E-state index is 12.5. The number of hydrogen-bond donors (Lipinski definition) is 1. The summed E-state index contributed by atoms with van der Waals surface area (Å²) in [5.74, 6) is 0.400. The van der Waals surface area contributed by atoms with Gasteiger partial charge in [-0.25, -0.2) is 14.8 Å². The SMILES string of the molecule is CN1CCN(c2ccc3c(c2)NC(=O)CC3c2cccn2-c2ncccn2)C1=O. The lowest BCUT2D eigenvalue weighted by molar-refractivity contribution is -0.116. The fourth-order valence-electron chi connectivity index (χ4n) is 4.05. The minimum atomic E-state index is -0.122. The van der Waals surface area contributed by atoms with Gasteiger partial charge in [-0.2, -0.15) is 0 Å². The van der Waals surface area contributed by atoms with Crippen LogP contribution in [0.25, 0.3) is 5.95 Å². The second-order valence-electron chi connectivity index (χ2n) is 7.28. The number of rotatable bonds is 3. The van der Waals surface area contributed by atoms with E-state index in [0.29, 0.717) is 25.5 Å². The van der Waals surface area contributed by atoms with E-state index in [4.69, 9.17) is 0 Å². The Bertz CT molecular complexity index is 1090. The number of urea groups is 1. The van der Waals surface area contributed by atoms with E-state index in [1.165, 1.54) is 0 Å². The van der Waals surface area contributed by atoms with Crippen LogP contribution < -0.4 is 10.2 Å². The number of anilines is 2. The van der Waals surface area contributed by atoms with Crippen LogP contribution in [0.15, 0.2) is 55.0 Å². The van der Waals surface area contributed by atoms with Gasteiger partial charge in [0.1, 0.15) is 0 Å². The molecule has 3 aromatic rings. The molecule has 0 bridgehead atoms. The Balaban J connectivity index is 1.55. The van der Waals surface area contributed by atoms with Crippen molar-refractivity contribution in [2.45, 2.75) is 12.3 Å². The maximum absolute atomic E-state index is 12.5. The van der Waals surface area contributed by atoms with E-state index < -0.39 is 0 Å². The summed E-state index contributed by atoms with van der Waals surface area (Å²) in [5.41, 5.74) is 3.51. The summed E-state index contributed by atoms with van der Waals surface area (Å²) in [4.78, 5) is 36.9. The third kappa shape index (κ3) is 2.93. The van der Waals surface area contributed by atoms with Crippen molar-refractivity contribution >= 4 is 23.3 Å². The van der Waals surface area contributed by atoms with Gasteiger partial charge in [0, 0.05) is 68.1 Å². The molecule has 0 spiro atoms. The van der Waals surface area contributed by atoms with E-state index in [9.17, 15) is 9.59 Å². The molecule has 8 heteroatoms. The van der Waals surface area contributed by atoms with Crippen molar-refractivity contribution in [3.63, 3.8) is 0 Å². The van der Waals surface area contributed by atoms with Crippen molar-refractivity contribution in [1.29, 1.82) is 0 Å². The number of likely N-dealkylation sites (N-methyl/N-ethyl adjacent to an activating group) is 1. The van der Waals surface area contributed by atoms with Crippen LogP contribution in [0.2, 0.25) is 0 Å². The Hall–Kier alpha value is -3.68. The molecule has 8 nitrogen and oxygen atoms in total. The lowest BCUT2D eigenvalue weighted by atomic mass is 9.87. The van der Waals surface area contributed by atoms with Gasteiger partial charge in [0.2, 0.25) is 11.9 Å². The van der Waals surface area contributed by atoms with Crippen molar-refractivity contribution < 1.29 is 9.59 Å². The number of amides is 3. The van der Waals surface area contributed by atoms with Crippen LogP contribution in [0, 0.1) is 0 Å².